The highest BCUT2D eigenvalue weighted by molar-refractivity contribution is 7.98. The topological polar surface area (TPSA) is 0 Å². The maximum absolute atomic E-state index is 13.4. The Bertz CT molecular complexity index is 4860. The summed E-state index contributed by atoms with van der Waals surface area (Å²) in [7, 11) is -1.17. The molecule has 15 aromatic rings. The van der Waals surface area contributed by atoms with Crippen molar-refractivity contribution in [2.75, 3.05) is 0 Å². The Morgan fingerprint density at radius 3 is 0.514 bits per heavy atom. The Kier molecular flexibility index (Phi) is 29.3. The van der Waals surface area contributed by atoms with Crippen LogP contribution in [0.2, 0.25) is 0 Å². The lowest BCUT2D eigenvalue weighted by Crippen LogP contribution is -2.11. The molecule has 1 aliphatic rings. The van der Waals surface area contributed by atoms with Crippen molar-refractivity contribution in [3.05, 3.63) is 452 Å². The third-order valence-electron chi connectivity index (χ3n) is 18.3. The molecule has 16 rings (SSSR count). The molecule has 0 aromatic heterocycles. The van der Waals surface area contributed by atoms with Crippen molar-refractivity contribution in [1.29, 1.82) is 0 Å². The standard InChI is InChI=1S/C24H23F2S.C22H23S.C18H12F3S.C18H14FS.C18H15S/c25-20-8-14-23(15-9-20)27(24-16-10-21(26)11-17-24)22-12-6-19(7-13-22)18-4-2-1-3-5-18;1-22(2,3)18-14-16-21(17-15-18)23(19-10-6-4-7-11-19)20-12-8-5-9-13-20;19-13-1-7-16(8-2-13)22(17-9-3-14(20)4-10-17)18-11-5-15(21)6-12-18;19-15-11-13-18(14-12-15)20(16-7-3-1-4-8-16)17-9-5-2-6-10-17;1-4-10-16(11-5-1)19(17-12-6-2-7-13-17)18-14-8-3-9-15-18/h6-18H,1-5H2;4-17H,1-3H3;1-12H;1-14H;1-15H/q5*+1. The van der Waals surface area contributed by atoms with Crippen LogP contribution in [-0.4, -0.2) is 0 Å². The maximum Gasteiger partial charge on any atom is 0.166 e. The predicted molar refractivity (Wildman–Crippen MR) is 452 cm³/mol. The third kappa shape index (κ3) is 22.9. The summed E-state index contributed by atoms with van der Waals surface area (Å²) in [5.41, 5.74) is 2.99. The fourth-order valence-electron chi connectivity index (χ4n) is 12.8. The van der Waals surface area contributed by atoms with Gasteiger partial charge in [0.15, 0.2) is 73.4 Å². The molecule has 0 spiro atoms. The van der Waals surface area contributed by atoms with E-state index in [1.165, 1.54) is 160 Å². The van der Waals surface area contributed by atoms with Crippen LogP contribution in [0.1, 0.15) is 69.9 Å². The Morgan fingerprint density at radius 1 is 0.189 bits per heavy atom. The number of benzene rings is 15. The SMILES string of the molecule is CC(C)(C)c1ccc([S+](c2ccccc2)c2ccccc2)cc1.Fc1ccc([S+](c2ccc(F)cc2)c2ccc(C3CCCCC3)cc2)cc1.Fc1ccc([S+](c2ccc(F)cc2)c2ccc(F)cc2)cc1.Fc1ccc([S+](c2ccccc2)c2ccccc2)cc1.c1ccc([S+](c2ccccc2)c2ccccc2)cc1. The van der Waals surface area contributed by atoms with Gasteiger partial charge in [-0.1, -0.05) is 192 Å². The number of hydrogen-bond donors (Lipinski definition) is 0. The Hall–Kier alpha value is -10.4. The molecule has 0 nitrogen and oxygen atoms in total. The molecular weight excluding hydrogens is 1480 g/mol. The second-order valence-electron chi connectivity index (χ2n) is 27.1. The van der Waals surface area contributed by atoms with Crippen molar-refractivity contribution >= 4 is 54.5 Å². The maximum atomic E-state index is 13.4. The Morgan fingerprint density at radius 2 is 0.342 bits per heavy atom. The summed E-state index contributed by atoms with van der Waals surface area (Å²) in [6, 6.07) is 131. The minimum atomic E-state index is -0.539. The van der Waals surface area contributed by atoms with Crippen LogP contribution in [0.5, 0.6) is 0 Å². The van der Waals surface area contributed by atoms with E-state index < -0.39 is 10.9 Å². The molecule has 111 heavy (non-hydrogen) atoms. The molecule has 0 radical (unpaired) electrons. The first-order valence-electron chi connectivity index (χ1n) is 37.0. The molecule has 554 valence electrons. The molecule has 0 aliphatic heterocycles. The molecular formula is C100H87F6S5+5. The van der Waals surface area contributed by atoms with Crippen LogP contribution in [0.4, 0.5) is 26.3 Å². The van der Waals surface area contributed by atoms with Gasteiger partial charge in [-0.3, -0.25) is 0 Å². The first-order valence-corrected chi connectivity index (χ1v) is 43.1. The minimum absolute atomic E-state index is 0.0146. The molecule has 1 saturated carbocycles. The van der Waals surface area contributed by atoms with E-state index in [0.717, 1.165) is 29.4 Å². The molecule has 0 heterocycles. The number of rotatable bonds is 16. The van der Waals surface area contributed by atoms with Gasteiger partial charge < -0.3 is 0 Å². The molecule has 0 unspecified atom stereocenters. The molecule has 15 aromatic carbocycles. The lowest BCUT2D eigenvalue weighted by Gasteiger charge is -2.22. The van der Waals surface area contributed by atoms with Gasteiger partial charge in [-0.25, -0.2) is 26.3 Å². The Labute approximate surface area is 665 Å². The van der Waals surface area contributed by atoms with Crippen LogP contribution in [-0.2, 0) is 59.9 Å². The van der Waals surface area contributed by atoms with Gasteiger partial charge in [-0.2, -0.15) is 0 Å². The molecule has 1 aliphatic carbocycles. The summed E-state index contributed by atoms with van der Waals surface area (Å²) in [4.78, 5) is 17.7. The summed E-state index contributed by atoms with van der Waals surface area (Å²) >= 11 is 0. The summed E-state index contributed by atoms with van der Waals surface area (Å²) in [6.07, 6.45) is 6.55. The normalized spacial score (nSPS) is 12.0. The summed E-state index contributed by atoms with van der Waals surface area (Å²) in [5, 5.41) is 0. The van der Waals surface area contributed by atoms with Crippen molar-refractivity contribution in [2.24, 2.45) is 0 Å². The van der Waals surface area contributed by atoms with Crippen LogP contribution in [0, 0.1) is 34.9 Å². The van der Waals surface area contributed by atoms with Crippen LogP contribution >= 0.6 is 0 Å². The van der Waals surface area contributed by atoms with E-state index in [0.29, 0.717) is 5.92 Å². The molecule has 0 bridgehead atoms. The largest absolute Gasteiger partial charge is 0.207 e. The smallest absolute Gasteiger partial charge is 0.166 e. The van der Waals surface area contributed by atoms with Gasteiger partial charge in [0.2, 0.25) is 0 Å². The van der Waals surface area contributed by atoms with Gasteiger partial charge in [-0.15, -0.1) is 0 Å². The summed E-state index contributed by atoms with van der Waals surface area (Å²) < 4.78 is 79.5. The van der Waals surface area contributed by atoms with E-state index in [1.54, 1.807) is 36.4 Å². The first kappa shape index (κ1) is 80.2. The van der Waals surface area contributed by atoms with E-state index in [9.17, 15) is 26.3 Å². The van der Waals surface area contributed by atoms with Gasteiger partial charge in [0.05, 0.1) is 54.5 Å². The van der Waals surface area contributed by atoms with Crippen molar-refractivity contribution in [3.8, 4) is 0 Å². The molecule has 0 amide bonds. The van der Waals surface area contributed by atoms with Crippen LogP contribution in [0.25, 0.3) is 0 Å². The van der Waals surface area contributed by atoms with E-state index >= 15 is 0 Å². The molecule has 0 N–H and O–H groups in total. The molecule has 0 atom stereocenters. The van der Waals surface area contributed by atoms with Crippen LogP contribution in [0.3, 0.4) is 0 Å². The highest BCUT2D eigenvalue weighted by atomic mass is 32.2. The number of hydrogen-bond acceptors (Lipinski definition) is 0. The zero-order valence-electron chi connectivity index (χ0n) is 62.1. The summed E-state index contributed by atoms with van der Waals surface area (Å²) in [5.74, 6) is -0.950. The van der Waals surface area contributed by atoms with E-state index in [4.69, 9.17) is 0 Å². The summed E-state index contributed by atoms with van der Waals surface area (Å²) in [6.45, 7) is 6.78. The molecule has 1 fully saturated rings. The van der Waals surface area contributed by atoms with Gasteiger partial charge in [-0.05, 0) is 290 Å². The average Bonchev–Trinajstić information content (AvgIpc) is 0.826. The van der Waals surface area contributed by atoms with Crippen molar-refractivity contribution in [1.82, 2.24) is 0 Å². The average molecular weight is 1560 g/mol. The third-order valence-corrected chi connectivity index (χ3v) is 29.5. The highest BCUT2D eigenvalue weighted by Gasteiger charge is 2.34. The highest BCUT2D eigenvalue weighted by Crippen LogP contribution is 2.39. The van der Waals surface area contributed by atoms with E-state index in [-0.39, 0.29) is 83.9 Å². The van der Waals surface area contributed by atoms with Gasteiger partial charge in [0.25, 0.3) is 0 Å². The lowest BCUT2D eigenvalue weighted by atomic mass is 9.84. The lowest BCUT2D eigenvalue weighted by molar-refractivity contribution is 0.443. The van der Waals surface area contributed by atoms with Crippen LogP contribution < -0.4 is 0 Å². The second-order valence-corrected chi connectivity index (χ2v) is 37.3. The van der Waals surface area contributed by atoms with E-state index in [1.807, 2.05) is 72.8 Å². The van der Waals surface area contributed by atoms with Gasteiger partial charge in [0, 0.05) is 0 Å². The van der Waals surface area contributed by atoms with Crippen molar-refractivity contribution in [2.45, 2.75) is 138 Å². The van der Waals surface area contributed by atoms with Crippen molar-refractivity contribution in [3.63, 3.8) is 0 Å². The second kappa shape index (κ2) is 40.5. The van der Waals surface area contributed by atoms with Crippen LogP contribution in [0.15, 0.2) is 480 Å². The van der Waals surface area contributed by atoms with Gasteiger partial charge >= 0.3 is 0 Å². The monoisotopic (exact) mass is 1560 g/mol. The minimum Gasteiger partial charge on any atom is -0.207 e. The fourth-order valence-corrected chi connectivity index (χ4v) is 23.1. The van der Waals surface area contributed by atoms with Crippen molar-refractivity contribution < 1.29 is 26.3 Å². The first-order chi connectivity index (χ1) is 54.2. The zero-order valence-corrected chi connectivity index (χ0v) is 66.2. The zero-order chi connectivity index (χ0) is 77.2. The predicted octanol–water partition coefficient (Wildman–Crippen LogP) is 28.1. The quantitative estimate of drug-likeness (QED) is 0.0668. The fraction of sp³-hybridized carbons (Fsp3) is 0.100. The molecule has 11 heteroatoms. The molecule has 0 saturated heterocycles. The number of halogens is 6. The van der Waals surface area contributed by atoms with E-state index in [2.05, 4.69) is 245 Å². The Balaban J connectivity index is 0.000000130. The van der Waals surface area contributed by atoms with Gasteiger partial charge in [0.1, 0.15) is 34.9 Å².